The van der Waals surface area contributed by atoms with Crippen molar-refractivity contribution in [2.45, 2.75) is 72.6 Å². The van der Waals surface area contributed by atoms with Gasteiger partial charge in [-0.2, -0.15) is 0 Å². The fraction of sp³-hybridized carbons (Fsp3) is 0.609. The third-order valence-corrected chi connectivity index (χ3v) is 5.50. The Morgan fingerprint density at radius 1 is 1.07 bits per heavy atom. The number of nitrogens with zero attached hydrogens (tertiary/aromatic N) is 1. The molecule has 3 atom stereocenters. The lowest BCUT2D eigenvalue weighted by Crippen LogP contribution is -2.42. The lowest BCUT2D eigenvalue weighted by atomic mass is 9.72. The van der Waals surface area contributed by atoms with Gasteiger partial charge in [-0.15, -0.1) is 0 Å². The summed E-state index contributed by atoms with van der Waals surface area (Å²) >= 11 is 0. The molecule has 1 N–H and O–H groups in total. The number of carbonyl (C=O) groups is 1. The van der Waals surface area contributed by atoms with Gasteiger partial charge in [-0.25, -0.2) is 4.79 Å². The Hall–Kier alpha value is -1.81. The predicted molar refractivity (Wildman–Crippen MR) is 109 cm³/mol. The smallest absolute Gasteiger partial charge is 0.415 e. The van der Waals surface area contributed by atoms with E-state index in [-0.39, 0.29) is 24.1 Å². The van der Waals surface area contributed by atoms with E-state index in [0.29, 0.717) is 17.6 Å². The van der Waals surface area contributed by atoms with Crippen LogP contribution in [0.15, 0.2) is 42.2 Å². The molecule has 0 aliphatic heterocycles. The molecule has 4 heteroatoms. The summed E-state index contributed by atoms with van der Waals surface area (Å²) in [6.45, 7) is 12.4. The zero-order valence-electron chi connectivity index (χ0n) is 17.6. The minimum atomic E-state index is -0.598. The van der Waals surface area contributed by atoms with E-state index >= 15 is 0 Å². The lowest BCUT2D eigenvalue weighted by molar-refractivity contribution is 0.0593. The summed E-state index contributed by atoms with van der Waals surface area (Å²) < 4.78 is 5.76. The molecule has 0 bridgehead atoms. The number of hydrogen-bond donors (Lipinski definition) is 1. The van der Waals surface area contributed by atoms with E-state index < -0.39 is 6.10 Å². The summed E-state index contributed by atoms with van der Waals surface area (Å²) in [6.07, 6.45) is 2.73. The number of carbonyl (C=O) groups excluding carboxylic acids is 1. The van der Waals surface area contributed by atoms with Crippen molar-refractivity contribution in [2.24, 2.45) is 17.8 Å². The highest BCUT2D eigenvalue weighted by Crippen LogP contribution is 2.41. The molecule has 1 aliphatic carbocycles. The summed E-state index contributed by atoms with van der Waals surface area (Å²) in [4.78, 5) is 14.4. The molecule has 4 nitrogen and oxygen atoms in total. The van der Waals surface area contributed by atoms with Crippen LogP contribution in [-0.2, 0) is 4.74 Å². The average Bonchev–Trinajstić information content (AvgIpc) is 2.60. The molecule has 0 unspecified atom stereocenters. The standard InChI is InChI=1S/C23H35NO3/c1-15(2)20-13-12-19(27-23(26)24(16(3)4)17(5)6)14-21(20)22(25)18-10-8-7-9-11-18/h7-11,14-17,20-22,25H,12-13H2,1-6H3/t20-,21+,22-/m1/s1. The van der Waals surface area contributed by atoms with Crippen molar-refractivity contribution < 1.29 is 14.6 Å². The number of amides is 1. The highest BCUT2D eigenvalue weighted by molar-refractivity contribution is 5.69. The molecule has 1 aromatic rings. The van der Waals surface area contributed by atoms with Crippen LogP contribution in [0.3, 0.4) is 0 Å². The normalized spacial score (nSPS) is 21.3. The average molecular weight is 374 g/mol. The number of benzene rings is 1. The van der Waals surface area contributed by atoms with Crippen LogP contribution in [0.5, 0.6) is 0 Å². The number of aliphatic hydroxyl groups is 1. The van der Waals surface area contributed by atoms with E-state index in [0.717, 1.165) is 18.4 Å². The topological polar surface area (TPSA) is 49.8 Å². The number of allylic oxidation sites excluding steroid dienone is 1. The second-order valence-corrected chi connectivity index (χ2v) is 8.48. The maximum atomic E-state index is 12.7. The van der Waals surface area contributed by atoms with Gasteiger partial charge in [0.15, 0.2) is 0 Å². The molecule has 0 saturated carbocycles. The van der Waals surface area contributed by atoms with E-state index in [9.17, 15) is 9.90 Å². The Balaban J connectivity index is 2.23. The minimum absolute atomic E-state index is 0.0597. The molecule has 1 aliphatic rings. The van der Waals surface area contributed by atoms with E-state index in [1.807, 2.05) is 64.1 Å². The van der Waals surface area contributed by atoms with Crippen LogP contribution < -0.4 is 0 Å². The maximum Gasteiger partial charge on any atom is 0.415 e. The fourth-order valence-corrected chi connectivity index (χ4v) is 4.17. The summed E-state index contributed by atoms with van der Waals surface area (Å²) in [7, 11) is 0. The van der Waals surface area contributed by atoms with E-state index in [4.69, 9.17) is 4.74 Å². The second-order valence-electron chi connectivity index (χ2n) is 8.48. The van der Waals surface area contributed by atoms with E-state index in [1.54, 1.807) is 4.90 Å². The Morgan fingerprint density at radius 2 is 1.67 bits per heavy atom. The summed E-state index contributed by atoms with van der Waals surface area (Å²) in [5.74, 6) is 1.43. The molecule has 2 rings (SSSR count). The first kappa shape index (κ1) is 21.5. The minimum Gasteiger partial charge on any atom is -0.415 e. The molecule has 0 aromatic heterocycles. The first-order valence-electron chi connectivity index (χ1n) is 10.2. The van der Waals surface area contributed by atoms with Gasteiger partial charge in [0.05, 0.1) is 6.10 Å². The van der Waals surface area contributed by atoms with Gasteiger partial charge in [-0.1, -0.05) is 44.2 Å². The number of rotatable bonds is 6. The quantitative estimate of drug-likeness (QED) is 0.712. The van der Waals surface area contributed by atoms with Crippen molar-refractivity contribution in [1.82, 2.24) is 4.90 Å². The van der Waals surface area contributed by atoms with Crippen molar-refractivity contribution in [3.8, 4) is 0 Å². The van der Waals surface area contributed by atoms with E-state index in [1.165, 1.54) is 0 Å². The molecular weight excluding hydrogens is 338 g/mol. The maximum absolute atomic E-state index is 12.7. The molecule has 150 valence electrons. The highest BCUT2D eigenvalue weighted by atomic mass is 16.6. The van der Waals surface area contributed by atoms with Gasteiger partial charge < -0.3 is 14.7 Å². The molecule has 0 spiro atoms. The fourth-order valence-electron chi connectivity index (χ4n) is 4.17. The van der Waals surface area contributed by atoms with Gasteiger partial charge in [0.25, 0.3) is 0 Å². The van der Waals surface area contributed by atoms with Crippen molar-refractivity contribution in [2.75, 3.05) is 0 Å². The van der Waals surface area contributed by atoms with Crippen LogP contribution in [0.4, 0.5) is 4.79 Å². The van der Waals surface area contributed by atoms with Gasteiger partial charge in [0.2, 0.25) is 0 Å². The van der Waals surface area contributed by atoms with Crippen LogP contribution >= 0.6 is 0 Å². The SMILES string of the molecule is CC(C)[C@H]1CCC(OC(=O)N(C(C)C)C(C)C)=C[C@@H]1[C@H](O)c1ccccc1. The monoisotopic (exact) mass is 373 g/mol. The third-order valence-electron chi connectivity index (χ3n) is 5.50. The number of ether oxygens (including phenoxy) is 1. The largest absolute Gasteiger partial charge is 0.415 e. The third kappa shape index (κ3) is 5.35. The molecule has 1 amide bonds. The summed E-state index contributed by atoms with van der Waals surface area (Å²) in [5.41, 5.74) is 0.906. The van der Waals surface area contributed by atoms with Crippen LogP contribution in [0.1, 0.15) is 66.1 Å². The lowest BCUT2D eigenvalue weighted by Gasteiger charge is -2.36. The number of aliphatic hydroxyl groups excluding tert-OH is 1. The Morgan fingerprint density at radius 3 is 2.19 bits per heavy atom. The van der Waals surface area contributed by atoms with Crippen LogP contribution in [-0.4, -0.2) is 28.2 Å². The highest BCUT2D eigenvalue weighted by Gasteiger charge is 2.34. The van der Waals surface area contributed by atoms with Gasteiger partial charge >= 0.3 is 6.09 Å². The van der Waals surface area contributed by atoms with Crippen molar-refractivity contribution in [3.63, 3.8) is 0 Å². The Bertz CT molecular complexity index is 628. The van der Waals surface area contributed by atoms with Crippen LogP contribution in [0.25, 0.3) is 0 Å². The Labute approximate surface area is 164 Å². The van der Waals surface area contributed by atoms with Crippen molar-refractivity contribution in [3.05, 3.63) is 47.7 Å². The summed E-state index contributed by atoms with van der Waals surface area (Å²) in [6, 6.07) is 9.91. The molecule has 1 aromatic carbocycles. The first-order valence-corrected chi connectivity index (χ1v) is 10.2. The molecule has 0 fully saturated rings. The van der Waals surface area contributed by atoms with Crippen LogP contribution in [0.2, 0.25) is 0 Å². The van der Waals surface area contributed by atoms with Crippen LogP contribution in [0, 0.1) is 17.8 Å². The van der Waals surface area contributed by atoms with Crippen molar-refractivity contribution >= 4 is 6.09 Å². The number of hydrogen-bond acceptors (Lipinski definition) is 3. The molecule has 0 saturated heterocycles. The Kier molecular flexibility index (Phi) is 7.49. The van der Waals surface area contributed by atoms with Gasteiger partial charge in [-0.3, -0.25) is 0 Å². The molecule has 27 heavy (non-hydrogen) atoms. The predicted octanol–water partition coefficient (Wildman–Crippen LogP) is 5.54. The summed E-state index contributed by atoms with van der Waals surface area (Å²) in [5, 5.41) is 11.0. The van der Waals surface area contributed by atoms with Gasteiger partial charge in [0.1, 0.15) is 5.76 Å². The first-order chi connectivity index (χ1) is 12.7. The van der Waals surface area contributed by atoms with Crippen molar-refractivity contribution in [1.29, 1.82) is 0 Å². The molecule has 0 radical (unpaired) electrons. The second kappa shape index (κ2) is 9.41. The molecular formula is C23H35NO3. The van der Waals surface area contributed by atoms with Gasteiger partial charge in [0, 0.05) is 24.4 Å². The van der Waals surface area contributed by atoms with Gasteiger partial charge in [-0.05, 0) is 57.6 Å². The molecule has 0 heterocycles. The zero-order chi connectivity index (χ0) is 20.1. The van der Waals surface area contributed by atoms with E-state index in [2.05, 4.69) is 13.8 Å². The zero-order valence-corrected chi connectivity index (χ0v) is 17.6.